The van der Waals surface area contributed by atoms with Crippen molar-refractivity contribution in [3.05, 3.63) is 76.1 Å². The van der Waals surface area contributed by atoms with Crippen LogP contribution in [0.2, 0.25) is 0 Å². The quantitative estimate of drug-likeness (QED) is 0.759. The smallest absolute Gasteiger partial charge is 0.266 e. The molecule has 2 aromatic carbocycles. The number of aromatic nitrogens is 1. The number of hydrogen-bond donors (Lipinski definition) is 2. The Morgan fingerprint density at radius 2 is 1.74 bits per heavy atom. The molecule has 0 unspecified atom stereocenters. The van der Waals surface area contributed by atoms with Gasteiger partial charge in [0.05, 0.1) is 5.69 Å². The lowest BCUT2D eigenvalue weighted by atomic mass is 9.98. The third kappa shape index (κ3) is 2.72. The van der Waals surface area contributed by atoms with Gasteiger partial charge in [-0.1, -0.05) is 42.0 Å². The zero-order valence-corrected chi connectivity index (χ0v) is 12.5. The summed E-state index contributed by atoms with van der Waals surface area (Å²) in [6.07, 6.45) is 0. The van der Waals surface area contributed by atoms with Crippen molar-refractivity contribution >= 4 is 0 Å². The molecule has 0 amide bonds. The molecule has 0 aliphatic heterocycles. The number of phenols is 1. The van der Waals surface area contributed by atoms with Crippen molar-refractivity contribution in [2.75, 3.05) is 0 Å². The van der Waals surface area contributed by atoms with E-state index in [9.17, 15) is 15.2 Å². The average molecular weight is 302 g/mol. The van der Waals surface area contributed by atoms with E-state index in [0.717, 1.165) is 11.1 Å². The molecule has 4 heteroatoms. The summed E-state index contributed by atoms with van der Waals surface area (Å²) in [5.41, 5.74) is 3.02. The minimum atomic E-state index is -0.469. The van der Waals surface area contributed by atoms with Gasteiger partial charge < -0.3 is 10.1 Å². The number of nitriles is 1. The molecule has 23 heavy (non-hydrogen) atoms. The van der Waals surface area contributed by atoms with Crippen molar-refractivity contribution in [1.29, 1.82) is 5.26 Å². The normalized spacial score (nSPS) is 10.3. The highest BCUT2D eigenvalue weighted by Gasteiger charge is 2.13. The fourth-order valence-corrected chi connectivity index (χ4v) is 2.48. The van der Waals surface area contributed by atoms with E-state index in [4.69, 9.17) is 0 Å². The van der Waals surface area contributed by atoms with Crippen LogP contribution in [0, 0.1) is 18.3 Å². The number of phenolic OH excluding ortho intramolecular Hbond substituents is 1. The number of rotatable bonds is 2. The van der Waals surface area contributed by atoms with Gasteiger partial charge in [-0.3, -0.25) is 4.79 Å². The summed E-state index contributed by atoms with van der Waals surface area (Å²) in [5, 5.41) is 19.3. The third-order valence-electron chi connectivity index (χ3n) is 3.70. The number of hydrogen-bond acceptors (Lipinski definition) is 3. The summed E-state index contributed by atoms with van der Waals surface area (Å²) in [7, 11) is 0. The minimum Gasteiger partial charge on any atom is -0.507 e. The zero-order valence-electron chi connectivity index (χ0n) is 12.5. The molecule has 0 fully saturated rings. The van der Waals surface area contributed by atoms with Gasteiger partial charge in [0.25, 0.3) is 5.56 Å². The molecule has 3 rings (SSSR count). The number of para-hydroxylation sites is 1. The van der Waals surface area contributed by atoms with Crippen LogP contribution in [0.3, 0.4) is 0 Å². The third-order valence-corrected chi connectivity index (χ3v) is 3.70. The second-order valence-corrected chi connectivity index (χ2v) is 5.30. The van der Waals surface area contributed by atoms with E-state index in [2.05, 4.69) is 4.98 Å². The highest BCUT2D eigenvalue weighted by Crippen LogP contribution is 2.30. The fourth-order valence-electron chi connectivity index (χ4n) is 2.48. The Balaban J connectivity index is 2.27. The number of aromatic amines is 1. The molecule has 1 aromatic heterocycles. The summed E-state index contributed by atoms with van der Waals surface area (Å²) >= 11 is 0. The molecule has 0 saturated heterocycles. The van der Waals surface area contributed by atoms with Gasteiger partial charge in [-0.05, 0) is 30.7 Å². The maximum Gasteiger partial charge on any atom is 0.266 e. The number of nitrogens with one attached hydrogen (secondary N) is 1. The monoisotopic (exact) mass is 302 g/mol. The van der Waals surface area contributed by atoms with Gasteiger partial charge in [0.1, 0.15) is 17.4 Å². The van der Waals surface area contributed by atoms with Gasteiger partial charge in [-0.15, -0.1) is 0 Å². The van der Waals surface area contributed by atoms with Crippen molar-refractivity contribution < 1.29 is 5.11 Å². The van der Waals surface area contributed by atoms with Crippen LogP contribution >= 0.6 is 0 Å². The maximum absolute atomic E-state index is 12.3. The Labute approximate surface area is 133 Å². The molecule has 0 saturated carbocycles. The summed E-state index contributed by atoms with van der Waals surface area (Å²) in [5.74, 6) is 0.0720. The van der Waals surface area contributed by atoms with Gasteiger partial charge in [0, 0.05) is 11.1 Å². The van der Waals surface area contributed by atoms with Crippen LogP contribution in [-0.2, 0) is 0 Å². The topological polar surface area (TPSA) is 76.9 Å². The molecule has 0 bridgehead atoms. The van der Waals surface area contributed by atoms with Crippen molar-refractivity contribution in [2.45, 2.75) is 6.92 Å². The van der Waals surface area contributed by atoms with Gasteiger partial charge in [0.15, 0.2) is 0 Å². The minimum absolute atomic E-state index is 0.0630. The molecule has 1 heterocycles. The van der Waals surface area contributed by atoms with Crippen LogP contribution in [0.1, 0.15) is 11.1 Å². The van der Waals surface area contributed by atoms with E-state index >= 15 is 0 Å². The van der Waals surface area contributed by atoms with E-state index in [1.165, 1.54) is 0 Å². The molecule has 0 aliphatic rings. The molecule has 112 valence electrons. The Bertz CT molecular complexity index is 964. The number of aryl methyl sites for hydroxylation is 1. The first-order valence-corrected chi connectivity index (χ1v) is 7.13. The summed E-state index contributed by atoms with van der Waals surface area (Å²) in [6.45, 7) is 1.97. The number of nitrogens with zero attached hydrogens (tertiary/aromatic N) is 1. The van der Waals surface area contributed by atoms with E-state index in [1.54, 1.807) is 30.3 Å². The number of pyridine rings is 1. The molecule has 3 aromatic rings. The van der Waals surface area contributed by atoms with Crippen molar-refractivity contribution in [2.24, 2.45) is 0 Å². The fraction of sp³-hybridized carbons (Fsp3) is 0.0526. The second kappa shape index (κ2) is 5.82. The lowest BCUT2D eigenvalue weighted by molar-refractivity contribution is 0.477. The molecule has 0 spiro atoms. The second-order valence-electron chi connectivity index (χ2n) is 5.30. The van der Waals surface area contributed by atoms with Crippen LogP contribution in [-0.4, -0.2) is 10.1 Å². The Morgan fingerprint density at radius 1 is 1.04 bits per heavy atom. The first-order valence-electron chi connectivity index (χ1n) is 7.13. The zero-order chi connectivity index (χ0) is 16.4. The van der Waals surface area contributed by atoms with Crippen molar-refractivity contribution in [3.8, 4) is 34.2 Å². The van der Waals surface area contributed by atoms with Crippen molar-refractivity contribution in [3.63, 3.8) is 0 Å². The first kappa shape index (κ1) is 14.6. The highest BCUT2D eigenvalue weighted by atomic mass is 16.3. The van der Waals surface area contributed by atoms with Gasteiger partial charge in [-0.25, -0.2) is 0 Å². The maximum atomic E-state index is 12.3. The summed E-state index contributed by atoms with van der Waals surface area (Å²) < 4.78 is 0. The van der Waals surface area contributed by atoms with Crippen LogP contribution < -0.4 is 5.56 Å². The van der Waals surface area contributed by atoms with Gasteiger partial charge in [0.2, 0.25) is 0 Å². The first-order chi connectivity index (χ1) is 11.1. The van der Waals surface area contributed by atoms with E-state index in [1.807, 2.05) is 37.3 Å². The molecule has 2 N–H and O–H groups in total. The molecular weight excluding hydrogens is 288 g/mol. The van der Waals surface area contributed by atoms with E-state index < -0.39 is 5.56 Å². The largest absolute Gasteiger partial charge is 0.507 e. The number of aromatic hydroxyl groups is 1. The predicted octanol–water partition coefficient (Wildman–Crippen LogP) is 3.59. The lowest BCUT2D eigenvalue weighted by Gasteiger charge is -2.09. The van der Waals surface area contributed by atoms with Crippen LogP contribution in [0.4, 0.5) is 0 Å². The number of H-pyrrole nitrogens is 1. The Kier molecular flexibility index (Phi) is 3.70. The van der Waals surface area contributed by atoms with Gasteiger partial charge >= 0.3 is 0 Å². The highest BCUT2D eigenvalue weighted by molar-refractivity contribution is 5.77. The summed E-state index contributed by atoms with van der Waals surface area (Å²) in [6, 6.07) is 18.0. The van der Waals surface area contributed by atoms with Crippen LogP contribution in [0.15, 0.2) is 59.4 Å². The molecule has 0 atom stereocenters. The van der Waals surface area contributed by atoms with Crippen molar-refractivity contribution in [1.82, 2.24) is 4.98 Å². The van der Waals surface area contributed by atoms with Crippen LogP contribution in [0.25, 0.3) is 22.4 Å². The molecule has 0 aliphatic carbocycles. The SMILES string of the molecule is Cc1ccc(-c2cc(-c3ccccc3O)[nH]c(=O)c2C#N)cc1. The summed E-state index contributed by atoms with van der Waals surface area (Å²) in [4.78, 5) is 14.9. The van der Waals surface area contributed by atoms with Crippen LogP contribution in [0.5, 0.6) is 5.75 Å². The molecule has 0 radical (unpaired) electrons. The Hall–Kier alpha value is -3.32. The standard InChI is InChI=1S/C19H14N2O2/c1-12-6-8-13(9-7-12)15-10-17(21-19(23)16(15)11-20)14-4-2-3-5-18(14)22/h2-10,22H,1H3,(H,21,23). The van der Waals surface area contributed by atoms with E-state index in [-0.39, 0.29) is 11.3 Å². The van der Waals surface area contributed by atoms with Gasteiger partial charge in [-0.2, -0.15) is 5.26 Å². The molecular formula is C19H14N2O2. The average Bonchev–Trinajstić information content (AvgIpc) is 2.55. The van der Waals surface area contributed by atoms with E-state index in [0.29, 0.717) is 16.8 Å². The number of benzene rings is 2. The Morgan fingerprint density at radius 3 is 2.39 bits per heavy atom. The molecule has 4 nitrogen and oxygen atoms in total. The lowest BCUT2D eigenvalue weighted by Crippen LogP contribution is -2.12. The predicted molar refractivity (Wildman–Crippen MR) is 89.1 cm³/mol.